The van der Waals surface area contributed by atoms with Gasteiger partial charge >= 0.3 is 0 Å². The van der Waals surface area contributed by atoms with Crippen LogP contribution in [0.3, 0.4) is 0 Å². The van der Waals surface area contributed by atoms with Crippen molar-refractivity contribution in [3.8, 4) is 5.75 Å². The summed E-state index contributed by atoms with van der Waals surface area (Å²) >= 11 is 0. The van der Waals surface area contributed by atoms with E-state index in [1.54, 1.807) is 0 Å². The van der Waals surface area contributed by atoms with Gasteiger partial charge in [0.2, 0.25) is 0 Å². The van der Waals surface area contributed by atoms with Crippen LogP contribution < -0.4 is 9.64 Å². The summed E-state index contributed by atoms with van der Waals surface area (Å²) in [6.45, 7) is 4.53. The topological polar surface area (TPSA) is 29.5 Å². The third-order valence-corrected chi connectivity index (χ3v) is 6.18. The highest BCUT2D eigenvalue weighted by molar-refractivity contribution is 6.06. The molecule has 3 aromatic rings. The van der Waals surface area contributed by atoms with E-state index in [2.05, 4.69) is 36.4 Å². The Morgan fingerprint density at radius 3 is 2.16 bits per heavy atom. The lowest BCUT2D eigenvalue weighted by Gasteiger charge is -2.25. The van der Waals surface area contributed by atoms with Crippen LogP contribution in [0.1, 0.15) is 73.4 Å². The maximum Gasteiger partial charge on any atom is 0.258 e. The lowest BCUT2D eigenvalue weighted by atomic mass is 9.84. The predicted molar refractivity (Wildman–Crippen MR) is 131 cm³/mol. The highest BCUT2D eigenvalue weighted by Crippen LogP contribution is 2.33. The van der Waals surface area contributed by atoms with E-state index in [9.17, 15) is 4.79 Å². The molecule has 0 spiro atoms. The molecule has 4 rings (SSSR count). The van der Waals surface area contributed by atoms with Crippen molar-refractivity contribution < 1.29 is 9.53 Å². The highest BCUT2D eigenvalue weighted by Gasteiger charge is 2.20. The van der Waals surface area contributed by atoms with E-state index in [0.29, 0.717) is 18.0 Å². The summed E-state index contributed by atoms with van der Waals surface area (Å²) < 4.78 is 5.74. The number of benzene rings is 3. The fourth-order valence-corrected chi connectivity index (χ4v) is 4.51. The molecule has 3 aromatic carbocycles. The molecule has 1 saturated carbocycles. The maximum atomic E-state index is 13.6. The molecule has 1 aliphatic rings. The van der Waals surface area contributed by atoms with Gasteiger partial charge in [0, 0.05) is 11.3 Å². The van der Waals surface area contributed by atoms with Gasteiger partial charge < -0.3 is 9.64 Å². The van der Waals surface area contributed by atoms with Crippen LogP contribution in [-0.2, 0) is 6.54 Å². The summed E-state index contributed by atoms with van der Waals surface area (Å²) in [5.41, 5.74) is 4.10. The van der Waals surface area contributed by atoms with E-state index in [1.165, 1.54) is 37.7 Å². The first-order valence-corrected chi connectivity index (χ1v) is 11.8. The molecular weight excluding hydrogens is 394 g/mol. The molecule has 0 N–H and O–H groups in total. The second-order valence-corrected chi connectivity index (χ2v) is 8.99. The van der Waals surface area contributed by atoms with E-state index in [4.69, 9.17) is 4.74 Å². The average molecular weight is 428 g/mol. The van der Waals surface area contributed by atoms with E-state index >= 15 is 0 Å². The summed E-state index contributed by atoms with van der Waals surface area (Å²) in [5, 5.41) is 0. The number of hydrogen-bond donors (Lipinski definition) is 0. The second-order valence-electron chi connectivity index (χ2n) is 8.99. The number of ether oxygens (including phenoxy) is 1. The van der Waals surface area contributed by atoms with Gasteiger partial charge in [-0.25, -0.2) is 0 Å². The normalized spacial score (nSPS) is 14.3. The molecule has 1 aliphatic carbocycles. The SMILES string of the molecule is CC(C)Oc1ccc(C(=O)N(Cc2ccccc2)c2ccc(C3CCCCC3)cc2)cc1. The summed E-state index contributed by atoms with van der Waals surface area (Å²) in [6.07, 6.45) is 6.65. The maximum absolute atomic E-state index is 13.6. The van der Waals surface area contributed by atoms with E-state index in [1.807, 2.05) is 61.2 Å². The minimum absolute atomic E-state index is 0.00429. The number of hydrogen-bond acceptors (Lipinski definition) is 2. The monoisotopic (exact) mass is 427 g/mol. The number of amides is 1. The van der Waals surface area contributed by atoms with E-state index in [0.717, 1.165) is 17.0 Å². The molecule has 1 fully saturated rings. The van der Waals surface area contributed by atoms with Gasteiger partial charge in [-0.2, -0.15) is 0 Å². The van der Waals surface area contributed by atoms with Crippen LogP contribution in [0.4, 0.5) is 5.69 Å². The standard InChI is InChI=1S/C29H33NO2/c1-22(2)32-28-19-15-26(16-20-28)29(31)30(21-23-9-5-3-6-10-23)27-17-13-25(14-18-27)24-11-7-4-8-12-24/h3,5-6,9-10,13-20,22,24H,4,7-8,11-12,21H2,1-2H3. The summed E-state index contributed by atoms with van der Waals surface area (Å²) in [4.78, 5) is 15.4. The first kappa shape index (κ1) is 22.1. The zero-order chi connectivity index (χ0) is 22.3. The number of rotatable bonds is 7. The van der Waals surface area contributed by atoms with Crippen molar-refractivity contribution in [3.05, 3.63) is 95.6 Å². The smallest absolute Gasteiger partial charge is 0.258 e. The largest absolute Gasteiger partial charge is 0.491 e. The fraction of sp³-hybridized carbons (Fsp3) is 0.345. The van der Waals surface area contributed by atoms with Crippen LogP contribution in [0.2, 0.25) is 0 Å². The number of nitrogens with zero attached hydrogens (tertiary/aromatic N) is 1. The second kappa shape index (κ2) is 10.5. The Kier molecular flexibility index (Phi) is 7.26. The van der Waals surface area contributed by atoms with Crippen molar-refractivity contribution in [2.45, 2.75) is 64.5 Å². The molecule has 0 bridgehead atoms. The zero-order valence-corrected chi connectivity index (χ0v) is 19.2. The minimum atomic E-state index is -0.00429. The van der Waals surface area contributed by atoms with E-state index in [-0.39, 0.29) is 12.0 Å². The highest BCUT2D eigenvalue weighted by atomic mass is 16.5. The number of carbonyl (C=O) groups is 1. The Balaban J connectivity index is 1.59. The Morgan fingerprint density at radius 1 is 0.875 bits per heavy atom. The first-order valence-electron chi connectivity index (χ1n) is 11.8. The van der Waals surface area contributed by atoms with Crippen LogP contribution in [0.15, 0.2) is 78.9 Å². The Bertz CT molecular complexity index is 988. The average Bonchev–Trinajstić information content (AvgIpc) is 2.84. The molecule has 0 heterocycles. The van der Waals surface area contributed by atoms with Gasteiger partial charge in [0.25, 0.3) is 5.91 Å². The predicted octanol–water partition coefficient (Wildman–Crippen LogP) is 7.37. The number of carbonyl (C=O) groups excluding carboxylic acids is 1. The summed E-state index contributed by atoms with van der Waals surface area (Å²) in [5.74, 6) is 1.43. The molecule has 3 nitrogen and oxygen atoms in total. The van der Waals surface area contributed by atoms with Crippen molar-refractivity contribution in [1.29, 1.82) is 0 Å². The van der Waals surface area contributed by atoms with Crippen LogP contribution in [-0.4, -0.2) is 12.0 Å². The lowest BCUT2D eigenvalue weighted by Crippen LogP contribution is -2.30. The summed E-state index contributed by atoms with van der Waals surface area (Å²) in [6, 6.07) is 26.3. The molecule has 0 aromatic heterocycles. The van der Waals surface area contributed by atoms with E-state index < -0.39 is 0 Å². The molecule has 32 heavy (non-hydrogen) atoms. The Morgan fingerprint density at radius 2 is 1.53 bits per heavy atom. The van der Waals surface area contributed by atoms with Gasteiger partial charge in [0.05, 0.1) is 12.6 Å². The van der Waals surface area contributed by atoms with Crippen LogP contribution in [0.25, 0.3) is 0 Å². The number of anilines is 1. The van der Waals surface area contributed by atoms with Gasteiger partial charge in [-0.3, -0.25) is 4.79 Å². The minimum Gasteiger partial charge on any atom is -0.491 e. The van der Waals surface area contributed by atoms with Gasteiger partial charge in [-0.1, -0.05) is 61.7 Å². The van der Waals surface area contributed by atoms with Crippen molar-refractivity contribution in [2.24, 2.45) is 0 Å². The molecule has 3 heteroatoms. The van der Waals surface area contributed by atoms with Crippen molar-refractivity contribution in [3.63, 3.8) is 0 Å². The third-order valence-electron chi connectivity index (χ3n) is 6.18. The third kappa shape index (κ3) is 5.59. The van der Waals surface area contributed by atoms with Gasteiger partial charge in [-0.05, 0) is 80.1 Å². The molecular formula is C29H33NO2. The van der Waals surface area contributed by atoms with Crippen molar-refractivity contribution in [2.75, 3.05) is 4.90 Å². The first-order chi connectivity index (χ1) is 15.6. The Hall–Kier alpha value is -3.07. The molecule has 0 radical (unpaired) electrons. The molecule has 0 atom stereocenters. The van der Waals surface area contributed by atoms with Crippen LogP contribution >= 0.6 is 0 Å². The molecule has 0 aliphatic heterocycles. The van der Waals surface area contributed by atoms with Crippen molar-refractivity contribution in [1.82, 2.24) is 0 Å². The fourth-order valence-electron chi connectivity index (χ4n) is 4.51. The summed E-state index contributed by atoms with van der Waals surface area (Å²) in [7, 11) is 0. The Labute approximate surface area is 192 Å². The molecule has 0 unspecified atom stereocenters. The van der Waals surface area contributed by atoms with Crippen molar-refractivity contribution >= 4 is 11.6 Å². The zero-order valence-electron chi connectivity index (χ0n) is 19.2. The van der Waals surface area contributed by atoms with Gasteiger partial charge in [0.1, 0.15) is 5.75 Å². The molecule has 166 valence electrons. The van der Waals surface area contributed by atoms with Gasteiger partial charge in [0.15, 0.2) is 0 Å². The molecule has 0 saturated heterocycles. The lowest BCUT2D eigenvalue weighted by molar-refractivity contribution is 0.0985. The van der Waals surface area contributed by atoms with Crippen LogP contribution in [0, 0.1) is 0 Å². The van der Waals surface area contributed by atoms with Crippen LogP contribution in [0.5, 0.6) is 5.75 Å². The molecule has 1 amide bonds. The van der Waals surface area contributed by atoms with Gasteiger partial charge in [-0.15, -0.1) is 0 Å². The quantitative estimate of drug-likeness (QED) is 0.394.